The first-order valence-corrected chi connectivity index (χ1v) is 8.87. The largest absolute Gasteiger partial charge is 0.364 e. The zero-order valence-electron chi connectivity index (χ0n) is 12.5. The summed E-state index contributed by atoms with van der Waals surface area (Å²) in [7, 11) is 0. The molecule has 0 bridgehead atoms. The fourth-order valence-electron chi connectivity index (χ4n) is 2.23. The van der Waals surface area contributed by atoms with Gasteiger partial charge in [0.15, 0.2) is 20.8 Å². The van der Waals surface area contributed by atoms with E-state index >= 15 is 0 Å². The number of aromatic nitrogens is 4. The number of hydrogen-bond donors (Lipinski definition) is 1. The highest BCUT2D eigenvalue weighted by molar-refractivity contribution is 14.1. The zero-order valence-corrected chi connectivity index (χ0v) is 16.2. The smallest absolute Gasteiger partial charge is 0.194 e. The van der Waals surface area contributed by atoms with Gasteiger partial charge in [-0.25, -0.2) is 15.0 Å². The summed E-state index contributed by atoms with van der Waals surface area (Å²) in [6.07, 6.45) is 1.80. The molecule has 1 aromatic carbocycles. The third-order valence-corrected chi connectivity index (χ3v) is 4.62. The van der Waals surface area contributed by atoms with Crippen LogP contribution in [0.15, 0.2) is 24.5 Å². The van der Waals surface area contributed by atoms with Gasteiger partial charge < -0.3 is 9.88 Å². The van der Waals surface area contributed by atoms with Gasteiger partial charge in [-0.05, 0) is 31.5 Å². The first-order chi connectivity index (χ1) is 11.0. The van der Waals surface area contributed by atoms with Crippen LogP contribution in [0.5, 0.6) is 0 Å². The number of benzene rings is 1. The molecule has 0 amide bonds. The Morgan fingerprint density at radius 2 is 2.00 bits per heavy atom. The summed E-state index contributed by atoms with van der Waals surface area (Å²) in [5.74, 6) is 0.713. The Morgan fingerprint density at radius 1 is 1.22 bits per heavy atom. The van der Waals surface area contributed by atoms with Crippen molar-refractivity contribution in [2.24, 2.45) is 0 Å². The van der Waals surface area contributed by atoms with Gasteiger partial charge in [0, 0.05) is 35.2 Å². The summed E-state index contributed by atoms with van der Waals surface area (Å²) in [5, 5.41) is 4.40. The van der Waals surface area contributed by atoms with Crippen LogP contribution in [-0.4, -0.2) is 19.5 Å². The molecule has 8 heteroatoms. The zero-order chi connectivity index (χ0) is 16.6. The second kappa shape index (κ2) is 6.78. The number of rotatable bonds is 4. The Bertz CT molecular complexity index is 862. The predicted molar refractivity (Wildman–Crippen MR) is 102 cm³/mol. The summed E-state index contributed by atoms with van der Waals surface area (Å²) in [6.45, 7) is 4.77. The van der Waals surface area contributed by atoms with Crippen molar-refractivity contribution in [3.8, 4) is 0 Å². The van der Waals surface area contributed by atoms with E-state index in [1.807, 2.05) is 16.7 Å². The molecule has 1 N–H and O–H groups in total. The molecule has 3 rings (SSSR count). The predicted octanol–water partition coefficient (Wildman–Crippen LogP) is 4.93. The van der Waals surface area contributed by atoms with Crippen LogP contribution in [0.3, 0.4) is 0 Å². The summed E-state index contributed by atoms with van der Waals surface area (Å²) < 4.78 is 2.71. The van der Waals surface area contributed by atoms with E-state index in [1.54, 1.807) is 12.4 Å². The Morgan fingerprint density at radius 3 is 2.70 bits per heavy atom. The van der Waals surface area contributed by atoms with E-state index in [-0.39, 0.29) is 6.04 Å². The third-order valence-electron chi connectivity index (χ3n) is 3.39. The summed E-state index contributed by atoms with van der Waals surface area (Å²) in [6, 6.07) is 5.84. The maximum absolute atomic E-state index is 6.05. The van der Waals surface area contributed by atoms with Crippen molar-refractivity contribution in [1.82, 2.24) is 19.5 Å². The van der Waals surface area contributed by atoms with E-state index < -0.39 is 0 Å². The van der Waals surface area contributed by atoms with Crippen LogP contribution >= 0.6 is 45.8 Å². The molecule has 5 nitrogen and oxygen atoms in total. The Hall–Kier alpha value is -1.12. The van der Waals surface area contributed by atoms with E-state index in [2.05, 4.69) is 56.7 Å². The lowest BCUT2D eigenvalue weighted by Crippen LogP contribution is -2.06. The first-order valence-electron chi connectivity index (χ1n) is 7.03. The number of halogens is 3. The van der Waals surface area contributed by atoms with Crippen molar-refractivity contribution in [3.05, 3.63) is 44.0 Å². The second-order valence-electron chi connectivity index (χ2n) is 5.36. The van der Waals surface area contributed by atoms with Crippen LogP contribution in [0.2, 0.25) is 10.0 Å². The van der Waals surface area contributed by atoms with Gasteiger partial charge in [0.1, 0.15) is 0 Å². The standard InChI is InChI=1S/C15H14Cl2IN5/c1-8(2)23-7-20-12-13(21-15(18)22-14(12)23)19-6-9-3-4-10(16)11(17)5-9/h3-5,7-8H,6H2,1-2H3,(H,19,21,22). The molecule has 0 aliphatic heterocycles. The van der Waals surface area contributed by atoms with Crippen molar-refractivity contribution < 1.29 is 0 Å². The fraction of sp³-hybridized carbons (Fsp3) is 0.267. The molecule has 0 saturated carbocycles. The number of imidazole rings is 1. The molecule has 2 heterocycles. The van der Waals surface area contributed by atoms with Crippen LogP contribution in [0.4, 0.5) is 5.82 Å². The maximum atomic E-state index is 6.05. The van der Waals surface area contributed by atoms with Crippen molar-refractivity contribution in [1.29, 1.82) is 0 Å². The fourth-order valence-corrected chi connectivity index (χ4v) is 3.02. The number of hydrogen-bond acceptors (Lipinski definition) is 4. The van der Waals surface area contributed by atoms with E-state index in [9.17, 15) is 0 Å². The molecule has 0 radical (unpaired) electrons. The lowest BCUT2D eigenvalue weighted by Gasteiger charge is -2.10. The molecule has 2 aromatic heterocycles. The van der Waals surface area contributed by atoms with E-state index in [1.165, 1.54) is 0 Å². The number of fused-ring (bicyclic) bond motifs is 1. The van der Waals surface area contributed by atoms with Crippen LogP contribution in [0.1, 0.15) is 25.5 Å². The molecule has 23 heavy (non-hydrogen) atoms. The summed E-state index contributed by atoms with van der Waals surface area (Å²) >= 11 is 14.1. The van der Waals surface area contributed by atoms with Crippen molar-refractivity contribution in [2.75, 3.05) is 5.32 Å². The average molecular weight is 462 g/mol. The molecular weight excluding hydrogens is 448 g/mol. The maximum Gasteiger partial charge on any atom is 0.194 e. The quantitative estimate of drug-likeness (QED) is 0.442. The highest BCUT2D eigenvalue weighted by Crippen LogP contribution is 2.25. The number of nitrogens with zero attached hydrogens (tertiary/aromatic N) is 4. The van der Waals surface area contributed by atoms with E-state index in [0.29, 0.717) is 26.2 Å². The van der Waals surface area contributed by atoms with Crippen LogP contribution < -0.4 is 5.32 Å². The van der Waals surface area contributed by atoms with Gasteiger partial charge in [0.05, 0.1) is 16.4 Å². The minimum Gasteiger partial charge on any atom is -0.364 e. The molecule has 0 atom stereocenters. The van der Waals surface area contributed by atoms with Crippen LogP contribution in [-0.2, 0) is 6.54 Å². The Labute approximate surface area is 157 Å². The van der Waals surface area contributed by atoms with Crippen molar-refractivity contribution in [3.63, 3.8) is 0 Å². The van der Waals surface area contributed by atoms with Gasteiger partial charge in [-0.3, -0.25) is 0 Å². The lowest BCUT2D eigenvalue weighted by molar-refractivity contribution is 0.612. The van der Waals surface area contributed by atoms with E-state index in [0.717, 1.165) is 16.7 Å². The topological polar surface area (TPSA) is 55.6 Å². The van der Waals surface area contributed by atoms with Gasteiger partial charge in [-0.2, -0.15) is 0 Å². The van der Waals surface area contributed by atoms with Gasteiger partial charge in [-0.1, -0.05) is 29.3 Å². The first kappa shape index (κ1) is 16.7. The molecule has 0 unspecified atom stereocenters. The molecule has 0 fully saturated rings. The molecule has 0 aliphatic rings. The molecule has 0 saturated heterocycles. The average Bonchev–Trinajstić information content (AvgIpc) is 2.92. The third kappa shape index (κ3) is 3.54. The highest BCUT2D eigenvalue weighted by atomic mass is 127. The normalized spacial score (nSPS) is 11.4. The second-order valence-corrected chi connectivity index (χ2v) is 7.14. The number of nitrogens with one attached hydrogen (secondary N) is 1. The Kier molecular flexibility index (Phi) is 4.93. The van der Waals surface area contributed by atoms with Crippen molar-refractivity contribution in [2.45, 2.75) is 26.4 Å². The van der Waals surface area contributed by atoms with Gasteiger partial charge in [0.2, 0.25) is 0 Å². The minimum absolute atomic E-state index is 0.286. The summed E-state index contributed by atoms with van der Waals surface area (Å²) in [5.41, 5.74) is 2.61. The lowest BCUT2D eigenvalue weighted by atomic mass is 10.2. The van der Waals surface area contributed by atoms with Crippen LogP contribution in [0.25, 0.3) is 11.2 Å². The molecule has 120 valence electrons. The van der Waals surface area contributed by atoms with Gasteiger partial charge in [0.25, 0.3) is 0 Å². The molecule has 3 aromatic rings. The molecule has 0 aliphatic carbocycles. The van der Waals surface area contributed by atoms with Gasteiger partial charge >= 0.3 is 0 Å². The van der Waals surface area contributed by atoms with E-state index in [4.69, 9.17) is 23.2 Å². The number of anilines is 1. The molecular formula is C15H14Cl2IN5. The minimum atomic E-state index is 0.286. The highest BCUT2D eigenvalue weighted by Gasteiger charge is 2.14. The van der Waals surface area contributed by atoms with Crippen molar-refractivity contribution >= 4 is 62.8 Å². The molecule has 0 spiro atoms. The monoisotopic (exact) mass is 461 g/mol. The Balaban J connectivity index is 1.92. The SMILES string of the molecule is CC(C)n1cnc2c(NCc3ccc(Cl)c(Cl)c3)nc(I)nc21. The van der Waals surface area contributed by atoms with Crippen LogP contribution in [0, 0.1) is 3.83 Å². The summed E-state index contributed by atoms with van der Waals surface area (Å²) in [4.78, 5) is 13.4. The van der Waals surface area contributed by atoms with Gasteiger partial charge in [-0.15, -0.1) is 0 Å².